The fraction of sp³-hybridized carbons (Fsp3) is 0.158. The van der Waals surface area contributed by atoms with Crippen LogP contribution in [-0.4, -0.2) is 12.6 Å². The molecule has 0 bridgehead atoms. The minimum absolute atomic E-state index is 0.250. The molecular weight excluding hydrogens is 288 g/mol. The average molecular weight is 306 g/mol. The van der Waals surface area contributed by atoms with Gasteiger partial charge in [0, 0.05) is 6.54 Å². The molecule has 4 heteroatoms. The smallest absolute Gasteiger partial charge is 0.407 e. The molecule has 0 unspecified atom stereocenters. The van der Waals surface area contributed by atoms with Crippen LogP contribution in [0.4, 0.5) is 4.79 Å². The van der Waals surface area contributed by atoms with Crippen LogP contribution >= 0.6 is 0 Å². The summed E-state index contributed by atoms with van der Waals surface area (Å²) in [4.78, 5) is 11.6. The second-order valence-corrected chi connectivity index (χ2v) is 5.03. The Morgan fingerprint density at radius 1 is 1.26 bits per heavy atom. The molecule has 0 saturated carbocycles. The van der Waals surface area contributed by atoms with Crippen molar-refractivity contribution in [2.45, 2.75) is 13.5 Å². The van der Waals surface area contributed by atoms with Gasteiger partial charge in [-0.3, -0.25) is 0 Å². The summed E-state index contributed by atoms with van der Waals surface area (Å²) >= 11 is 0. The van der Waals surface area contributed by atoms with Crippen molar-refractivity contribution < 1.29 is 9.53 Å². The van der Waals surface area contributed by atoms with Crippen LogP contribution in [0.2, 0.25) is 0 Å². The number of carbonyl (C=O) groups excluding carboxylic acids is 1. The maximum absolute atomic E-state index is 11.6. The Labute approximate surface area is 136 Å². The van der Waals surface area contributed by atoms with E-state index in [-0.39, 0.29) is 6.61 Å². The van der Waals surface area contributed by atoms with Crippen molar-refractivity contribution in [2.75, 3.05) is 6.54 Å². The monoisotopic (exact) mass is 306 g/mol. The number of amides is 1. The van der Waals surface area contributed by atoms with E-state index in [9.17, 15) is 4.79 Å². The van der Waals surface area contributed by atoms with E-state index in [2.05, 4.69) is 11.4 Å². The van der Waals surface area contributed by atoms with Gasteiger partial charge in [-0.15, -0.1) is 0 Å². The maximum Gasteiger partial charge on any atom is 0.407 e. The van der Waals surface area contributed by atoms with E-state index >= 15 is 0 Å². The van der Waals surface area contributed by atoms with Crippen molar-refractivity contribution in [1.29, 1.82) is 5.26 Å². The van der Waals surface area contributed by atoms with Gasteiger partial charge in [-0.25, -0.2) is 4.79 Å². The van der Waals surface area contributed by atoms with Gasteiger partial charge in [0.25, 0.3) is 0 Å². The summed E-state index contributed by atoms with van der Waals surface area (Å²) in [5.74, 6) is 0. The van der Waals surface area contributed by atoms with E-state index in [1.165, 1.54) is 0 Å². The molecule has 4 nitrogen and oxygen atoms in total. The normalized spacial score (nSPS) is 10.3. The molecule has 0 atom stereocenters. The number of nitriles is 1. The molecule has 116 valence electrons. The molecule has 0 aliphatic heterocycles. The molecule has 0 radical (unpaired) electrons. The van der Waals surface area contributed by atoms with E-state index in [0.29, 0.717) is 12.1 Å². The maximum atomic E-state index is 11.6. The average Bonchev–Trinajstić information content (AvgIpc) is 2.59. The van der Waals surface area contributed by atoms with E-state index in [0.717, 1.165) is 16.7 Å². The van der Waals surface area contributed by atoms with Crippen molar-refractivity contribution in [2.24, 2.45) is 0 Å². The van der Waals surface area contributed by atoms with E-state index in [4.69, 9.17) is 10.00 Å². The Balaban J connectivity index is 1.78. The lowest BCUT2D eigenvalue weighted by Gasteiger charge is -2.05. The Morgan fingerprint density at radius 2 is 2.04 bits per heavy atom. The number of aryl methyl sites for hydroxylation is 1. The predicted octanol–water partition coefficient (Wildman–Crippen LogP) is 3.81. The lowest BCUT2D eigenvalue weighted by molar-refractivity contribution is 0.141. The van der Waals surface area contributed by atoms with Gasteiger partial charge in [-0.1, -0.05) is 48.6 Å². The fourth-order valence-electron chi connectivity index (χ4n) is 1.99. The van der Waals surface area contributed by atoms with Crippen LogP contribution in [0, 0.1) is 18.3 Å². The van der Waals surface area contributed by atoms with Gasteiger partial charge in [0.1, 0.15) is 6.61 Å². The molecule has 0 fully saturated rings. The molecule has 23 heavy (non-hydrogen) atoms. The lowest BCUT2D eigenvalue weighted by atomic mass is 10.1. The third-order valence-corrected chi connectivity index (χ3v) is 3.28. The third-order valence-electron chi connectivity index (χ3n) is 3.28. The minimum atomic E-state index is -0.457. The quantitative estimate of drug-likeness (QED) is 0.913. The van der Waals surface area contributed by atoms with Gasteiger partial charge in [0.15, 0.2) is 0 Å². The van der Waals surface area contributed by atoms with Crippen LogP contribution in [-0.2, 0) is 11.3 Å². The Bertz CT molecular complexity index is 731. The van der Waals surface area contributed by atoms with E-state index < -0.39 is 6.09 Å². The standard InChI is InChI=1S/C19H18N2O2/c1-15-9-10-17(13-20)12-18(15)8-5-11-21-19(22)23-14-16-6-3-2-4-7-16/h2-10,12H,11,14H2,1H3,(H,21,22). The molecule has 2 rings (SSSR count). The molecule has 1 amide bonds. The summed E-state index contributed by atoms with van der Waals surface area (Å²) in [7, 11) is 0. The van der Waals surface area contributed by atoms with Gasteiger partial charge in [-0.05, 0) is 35.7 Å². The predicted molar refractivity (Wildman–Crippen MR) is 89.6 cm³/mol. The molecule has 0 spiro atoms. The summed E-state index contributed by atoms with van der Waals surface area (Å²) in [6.45, 7) is 2.59. The third kappa shape index (κ3) is 5.33. The second-order valence-electron chi connectivity index (χ2n) is 5.03. The molecule has 0 aliphatic rings. The summed E-state index contributed by atoms with van der Waals surface area (Å²) in [6, 6.07) is 17.1. The van der Waals surface area contributed by atoms with Crippen LogP contribution in [0.1, 0.15) is 22.3 Å². The number of ether oxygens (including phenoxy) is 1. The Kier molecular flexibility index (Phi) is 5.96. The summed E-state index contributed by atoms with van der Waals surface area (Å²) in [6.07, 6.45) is 3.25. The van der Waals surface area contributed by atoms with Crippen molar-refractivity contribution >= 4 is 12.2 Å². The molecule has 0 aliphatic carbocycles. The number of rotatable bonds is 5. The zero-order valence-electron chi connectivity index (χ0n) is 13.0. The zero-order chi connectivity index (χ0) is 16.5. The second kappa shape index (κ2) is 8.40. The molecule has 1 N–H and O–H groups in total. The van der Waals surface area contributed by atoms with E-state index in [1.807, 2.05) is 61.5 Å². The number of alkyl carbamates (subject to hydrolysis) is 1. The highest BCUT2D eigenvalue weighted by Crippen LogP contribution is 2.12. The van der Waals surface area contributed by atoms with Crippen LogP contribution in [0.25, 0.3) is 6.08 Å². The Morgan fingerprint density at radius 3 is 2.78 bits per heavy atom. The van der Waals surface area contributed by atoms with Crippen LogP contribution in [0.3, 0.4) is 0 Å². The van der Waals surface area contributed by atoms with Gasteiger partial charge < -0.3 is 10.1 Å². The van der Waals surface area contributed by atoms with Crippen LogP contribution < -0.4 is 5.32 Å². The lowest BCUT2D eigenvalue weighted by Crippen LogP contribution is -2.24. The summed E-state index contributed by atoms with van der Waals surface area (Å²) < 4.78 is 5.11. The number of nitrogens with zero attached hydrogens (tertiary/aromatic N) is 1. The summed E-state index contributed by atoms with van der Waals surface area (Å²) in [5, 5.41) is 11.6. The number of carbonyl (C=O) groups is 1. The number of nitrogens with one attached hydrogen (secondary N) is 1. The highest BCUT2D eigenvalue weighted by Gasteiger charge is 2.00. The molecule has 0 saturated heterocycles. The molecule has 2 aromatic rings. The largest absolute Gasteiger partial charge is 0.445 e. The summed E-state index contributed by atoms with van der Waals surface area (Å²) in [5.41, 5.74) is 3.60. The first kappa shape index (κ1) is 16.3. The molecule has 0 heterocycles. The minimum Gasteiger partial charge on any atom is -0.445 e. The van der Waals surface area contributed by atoms with Crippen molar-refractivity contribution in [3.8, 4) is 6.07 Å². The van der Waals surface area contributed by atoms with Crippen LogP contribution in [0.15, 0.2) is 54.6 Å². The Hall–Kier alpha value is -3.06. The fourth-order valence-corrected chi connectivity index (χ4v) is 1.99. The molecule has 2 aromatic carbocycles. The van der Waals surface area contributed by atoms with Crippen molar-refractivity contribution in [3.63, 3.8) is 0 Å². The molecule has 0 aromatic heterocycles. The van der Waals surface area contributed by atoms with Gasteiger partial charge in [-0.2, -0.15) is 5.26 Å². The number of hydrogen-bond donors (Lipinski definition) is 1. The van der Waals surface area contributed by atoms with Crippen molar-refractivity contribution in [1.82, 2.24) is 5.32 Å². The first-order chi connectivity index (χ1) is 11.2. The van der Waals surface area contributed by atoms with Gasteiger partial charge in [0.05, 0.1) is 11.6 Å². The zero-order valence-corrected chi connectivity index (χ0v) is 13.0. The number of benzene rings is 2. The van der Waals surface area contributed by atoms with Crippen molar-refractivity contribution in [3.05, 3.63) is 76.9 Å². The topological polar surface area (TPSA) is 62.1 Å². The van der Waals surface area contributed by atoms with Gasteiger partial charge >= 0.3 is 6.09 Å². The van der Waals surface area contributed by atoms with Crippen LogP contribution in [0.5, 0.6) is 0 Å². The van der Waals surface area contributed by atoms with E-state index in [1.54, 1.807) is 6.07 Å². The highest BCUT2D eigenvalue weighted by atomic mass is 16.5. The highest BCUT2D eigenvalue weighted by molar-refractivity contribution is 5.67. The first-order valence-corrected chi connectivity index (χ1v) is 7.31. The molecular formula is C19H18N2O2. The first-order valence-electron chi connectivity index (χ1n) is 7.31. The van der Waals surface area contributed by atoms with Gasteiger partial charge in [0.2, 0.25) is 0 Å². The number of hydrogen-bond acceptors (Lipinski definition) is 3. The SMILES string of the molecule is Cc1ccc(C#N)cc1C=CCNC(=O)OCc1ccccc1.